The summed E-state index contributed by atoms with van der Waals surface area (Å²) in [6.45, 7) is 1.91. The number of aryl methyl sites for hydroxylation is 1. The Labute approximate surface area is 111 Å². The molecule has 0 atom stereocenters. The van der Waals surface area contributed by atoms with Crippen molar-refractivity contribution >= 4 is 37.3 Å². The van der Waals surface area contributed by atoms with Crippen LogP contribution in [0.1, 0.15) is 5.69 Å². The second-order valence-corrected chi connectivity index (χ2v) is 4.97. The SMILES string of the molecule is Cc1ncccc1Oc1cc(Br)cnc1[As]. The molecule has 2 rings (SSSR count). The summed E-state index contributed by atoms with van der Waals surface area (Å²) in [6.07, 6.45) is 3.47. The number of hydrogen-bond donors (Lipinski definition) is 0. The number of hydrogen-bond acceptors (Lipinski definition) is 3. The van der Waals surface area contributed by atoms with Gasteiger partial charge in [0.1, 0.15) is 0 Å². The molecule has 5 heteroatoms. The fourth-order valence-corrected chi connectivity index (χ4v) is 1.85. The standard InChI is InChI=1S/C11H8AsBrN2O/c1-7-9(3-2-4-14-7)16-10-5-8(13)6-15-11(10)12/h2-6H,1H3. The molecule has 0 aliphatic carbocycles. The van der Waals surface area contributed by atoms with Crippen LogP contribution < -0.4 is 9.22 Å². The van der Waals surface area contributed by atoms with Gasteiger partial charge < -0.3 is 0 Å². The Bertz CT molecular complexity index is 519. The molecule has 0 spiro atoms. The van der Waals surface area contributed by atoms with Gasteiger partial charge in [0.2, 0.25) is 0 Å². The minimum absolute atomic E-state index is 0.713. The summed E-state index contributed by atoms with van der Waals surface area (Å²) < 4.78 is 7.43. The van der Waals surface area contributed by atoms with Crippen LogP contribution in [0, 0.1) is 6.92 Å². The van der Waals surface area contributed by atoms with Crippen molar-refractivity contribution in [1.29, 1.82) is 0 Å². The van der Waals surface area contributed by atoms with Crippen LogP contribution >= 0.6 is 15.9 Å². The topological polar surface area (TPSA) is 35.0 Å². The van der Waals surface area contributed by atoms with Gasteiger partial charge in [-0.1, -0.05) is 0 Å². The molecule has 0 bridgehead atoms. The van der Waals surface area contributed by atoms with E-state index in [-0.39, 0.29) is 0 Å². The number of aromatic nitrogens is 2. The molecule has 80 valence electrons. The van der Waals surface area contributed by atoms with E-state index in [0.717, 1.165) is 20.4 Å². The normalized spacial score (nSPS) is 10.2. The number of rotatable bonds is 2. The Hall–Kier alpha value is -0.862. The van der Waals surface area contributed by atoms with E-state index in [2.05, 4.69) is 42.8 Å². The first-order valence-electron chi connectivity index (χ1n) is 4.61. The zero-order valence-electron chi connectivity index (χ0n) is 8.51. The fraction of sp³-hybridized carbons (Fsp3) is 0.0909. The Morgan fingerprint density at radius 2 is 2.12 bits per heavy atom. The molecule has 2 aromatic heterocycles. The zero-order chi connectivity index (χ0) is 11.5. The molecule has 0 aliphatic rings. The summed E-state index contributed by atoms with van der Waals surface area (Å²) in [5.74, 6) is 1.46. The number of ether oxygens (including phenoxy) is 1. The van der Waals surface area contributed by atoms with Gasteiger partial charge >= 0.3 is 111 Å². The average molecular weight is 339 g/mol. The summed E-state index contributed by atoms with van der Waals surface area (Å²) in [5.41, 5.74) is 0.856. The Morgan fingerprint density at radius 3 is 2.88 bits per heavy atom. The molecule has 0 saturated heterocycles. The van der Waals surface area contributed by atoms with E-state index in [1.165, 1.54) is 0 Å². The summed E-state index contributed by atoms with van der Waals surface area (Å²) in [5, 5.41) is 0. The number of nitrogens with zero attached hydrogens (tertiary/aromatic N) is 2. The van der Waals surface area contributed by atoms with Crippen LogP contribution in [0.3, 0.4) is 0 Å². The molecule has 3 nitrogen and oxygen atoms in total. The van der Waals surface area contributed by atoms with Crippen molar-refractivity contribution < 1.29 is 4.74 Å². The van der Waals surface area contributed by atoms with Crippen molar-refractivity contribution in [1.82, 2.24) is 9.97 Å². The van der Waals surface area contributed by atoms with Crippen LogP contribution in [0.2, 0.25) is 0 Å². The summed E-state index contributed by atoms with van der Waals surface area (Å²) >= 11 is 5.75. The summed E-state index contributed by atoms with van der Waals surface area (Å²) in [6, 6.07) is 5.61. The quantitative estimate of drug-likeness (QED) is 0.787. The van der Waals surface area contributed by atoms with Gasteiger partial charge in [-0.05, 0) is 0 Å². The van der Waals surface area contributed by atoms with E-state index in [9.17, 15) is 0 Å². The molecule has 0 aromatic carbocycles. The van der Waals surface area contributed by atoms with Gasteiger partial charge in [-0.3, -0.25) is 0 Å². The van der Waals surface area contributed by atoms with E-state index in [4.69, 9.17) is 4.74 Å². The molecule has 0 saturated carbocycles. The molecule has 0 fully saturated rings. The second-order valence-electron chi connectivity index (χ2n) is 3.16. The van der Waals surface area contributed by atoms with E-state index in [1.807, 2.05) is 25.1 Å². The van der Waals surface area contributed by atoms with Crippen molar-refractivity contribution in [2.24, 2.45) is 0 Å². The van der Waals surface area contributed by atoms with Crippen molar-refractivity contribution in [2.75, 3.05) is 0 Å². The third kappa shape index (κ3) is 2.63. The molecule has 2 heterocycles. The maximum atomic E-state index is 5.75. The van der Waals surface area contributed by atoms with E-state index < -0.39 is 0 Å². The first-order chi connectivity index (χ1) is 7.66. The van der Waals surface area contributed by atoms with Crippen LogP contribution in [0.25, 0.3) is 0 Å². The van der Waals surface area contributed by atoms with Gasteiger partial charge in [0.25, 0.3) is 0 Å². The van der Waals surface area contributed by atoms with Crippen molar-refractivity contribution in [3.05, 3.63) is 40.8 Å². The Kier molecular flexibility index (Phi) is 3.62. The van der Waals surface area contributed by atoms with E-state index >= 15 is 0 Å². The van der Waals surface area contributed by atoms with Gasteiger partial charge in [-0.2, -0.15) is 0 Å². The molecule has 0 unspecified atom stereocenters. The van der Waals surface area contributed by atoms with Crippen LogP contribution in [0.4, 0.5) is 0 Å². The van der Waals surface area contributed by atoms with Crippen molar-refractivity contribution in [3.8, 4) is 11.5 Å². The van der Waals surface area contributed by atoms with Crippen molar-refractivity contribution in [2.45, 2.75) is 6.92 Å². The van der Waals surface area contributed by atoms with Gasteiger partial charge in [-0.25, -0.2) is 0 Å². The predicted octanol–water partition coefficient (Wildman–Crippen LogP) is 2.13. The van der Waals surface area contributed by atoms with E-state index in [0.29, 0.717) is 5.75 Å². The third-order valence-electron chi connectivity index (χ3n) is 1.98. The van der Waals surface area contributed by atoms with Gasteiger partial charge in [0.15, 0.2) is 0 Å². The van der Waals surface area contributed by atoms with Crippen LogP contribution in [0.15, 0.2) is 35.1 Å². The molecule has 16 heavy (non-hydrogen) atoms. The molecule has 0 N–H and O–H groups in total. The van der Waals surface area contributed by atoms with Gasteiger partial charge in [0.05, 0.1) is 0 Å². The summed E-state index contributed by atoms with van der Waals surface area (Å²) in [4.78, 5) is 8.35. The Balaban J connectivity index is 2.34. The van der Waals surface area contributed by atoms with Gasteiger partial charge in [-0.15, -0.1) is 0 Å². The van der Waals surface area contributed by atoms with E-state index in [1.54, 1.807) is 12.4 Å². The first-order valence-corrected chi connectivity index (χ1v) is 6.34. The van der Waals surface area contributed by atoms with Crippen LogP contribution in [-0.4, -0.2) is 26.8 Å². The molecular formula is C11H8AsBrN2O. The Morgan fingerprint density at radius 1 is 1.31 bits per heavy atom. The number of pyridine rings is 2. The molecule has 0 aliphatic heterocycles. The van der Waals surface area contributed by atoms with Crippen molar-refractivity contribution in [3.63, 3.8) is 0 Å². The summed E-state index contributed by atoms with van der Waals surface area (Å²) in [7, 11) is 0. The minimum atomic E-state index is 0.713. The monoisotopic (exact) mass is 338 g/mol. The van der Waals surface area contributed by atoms with Crippen LogP contribution in [0.5, 0.6) is 11.5 Å². The molecule has 2 aromatic rings. The maximum absolute atomic E-state index is 5.75. The van der Waals surface area contributed by atoms with Gasteiger partial charge in [0, 0.05) is 0 Å². The second kappa shape index (κ2) is 4.98. The molecule has 0 amide bonds. The molecule has 2 radical (unpaired) electrons. The fourth-order valence-electron chi connectivity index (χ4n) is 1.18. The van der Waals surface area contributed by atoms with Crippen LogP contribution in [-0.2, 0) is 0 Å². The molecular weight excluding hydrogens is 331 g/mol. The third-order valence-corrected chi connectivity index (χ3v) is 3.12. The predicted molar refractivity (Wildman–Crippen MR) is 66.4 cm³/mol. The zero-order valence-corrected chi connectivity index (χ0v) is 12.0. The average Bonchev–Trinajstić information content (AvgIpc) is 2.27. The first kappa shape index (κ1) is 11.6. The number of halogens is 1.